The smallest absolute Gasteiger partial charge is 0.189 e. The van der Waals surface area contributed by atoms with Gasteiger partial charge in [-0.15, -0.1) is 10.2 Å². The average molecular weight is 361 g/mol. The van der Waals surface area contributed by atoms with E-state index in [9.17, 15) is 0 Å². The second-order valence-electron chi connectivity index (χ2n) is 6.18. The minimum atomic E-state index is 0.603. The number of nitrogens with two attached hydrogens (primary N) is 1. The first kappa shape index (κ1) is 16.8. The van der Waals surface area contributed by atoms with Gasteiger partial charge in [0.1, 0.15) is 11.5 Å². The van der Waals surface area contributed by atoms with Gasteiger partial charge < -0.3 is 15.2 Å². The molecule has 0 atom stereocenters. The molecule has 136 valence electrons. The van der Waals surface area contributed by atoms with Gasteiger partial charge in [0.05, 0.1) is 25.5 Å². The van der Waals surface area contributed by atoms with Crippen LogP contribution in [0.1, 0.15) is 5.56 Å². The molecule has 7 nitrogen and oxygen atoms in total. The lowest BCUT2D eigenvalue weighted by Crippen LogP contribution is -2.00. The van der Waals surface area contributed by atoms with E-state index < -0.39 is 0 Å². The van der Waals surface area contributed by atoms with Crippen molar-refractivity contribution in [3.05, 3.63) is 54.1 Å². The maximum absolute atomic E-state index is 5.95. The number of hydrogen-bond donors (Lipinski definition) is 1. The molecule has 27 heavy (non-hydrogen) atoms. The Bertz CT molecular complexity index is 1140. The summed E-state index contributed by atoms with van der Waals surface area (Å²) in [5.74, 6) is 2.02. The fraction of sp³-hybridized carbons (Fsp3) is 0.150. The van der Waals surface area contributed by atoms with Crippen LogP contribution in [0.2, 0.25) is 0 Å². The van der Waals surface area contributed by atoms with Gasteiger partial charge in [0.25, 0.3) is 0 Å². The Balaban J connectivity index is 1.92. The summed E-state index contributed by atoms with van der Waals surface area (Å²) in [6.07, 6.45) is 0. The van der Waals surface area contributed by atoms with Crippen molar-refractivity contribution in [3.63, 3.8) is 0 Å². The van der Waals surface area contributed by atoms with Gasteiger partial charge in [-0.1, -0.05) is 6.07 Å². The molecule has 0 saturated heterocycles. The van der Waals surface area contributed by atoms with E-state index in [-0.39, 0.29) is 0 Å². The molecule has 2 aromatic carbocycles. The monoisotopic (exact) mass is 361 g/mol. The molecular formula is C20H19N5O2. The van der Waals surface area contributed by atoms with Crippen molar-refractivity contribution >= 4 is 11.3 Å². The lowest BCUT2D eigenvalue weighted by molar-refractivity contribution is 0.415. The summed E-state index contributed by atoms with van der Waals surface area (Å²) < 4.78 is 12.7. The molecule has 0 saturated carbocycles. The van der Waals surface area contributed by atoms with Crippen molar-refractivity contribution < 1.29 is 9.47 Å². The van der Waals surface area contributed by atoms with E-state index >= 15 is 0 Å². The predicted octanol–water partition coefficient (Wildman–Crippen LogP) is 3.37. The van der Waals surface area contributed by atoms with Crippen LogP contribution in [0, 0.1) is 6.92 Å². The Labute approximate surface area is 156 Å². The van der Waals surface area contributed by atoms with Crippen molar-refractivity contribution in [2.24, 2.45) is 0 Å². The molecule has 0 amide bonds. The number of hydrogen-bond acceptors (Lipinski definition) is 6. The van der Waals surface area contributed by atoms with E-state index in [0.29, 0.717) is 28.6 Å². The van der Waals surface area contributed by atoms with Gasteiger partial charge in [-0.05, 0) is 55.0 Å². The molecule has 7 heteroatoms. The van der Waals surface area contributed by atoms with Crippen LogP contribution < -0.4 is 15.2 Å². The molecule has 0 spiro atoms. The molecule has 0 bridgehead atoms. The Kier molecular flexibility index (Phi) is 4.12. The number of benzene rings is 2. The van der Waals surface area contributed by atoms with Gasteiger partial charge in [0.2, 0.25) is 0 Å². The van der Waals surface area contributed by atoms with E-state index in [2.05, 4.69) is 10.2 Å². The van der Waals surface area contributed by atoms with Crippen LogP contribution in [0.3, 0.4) is 0 Å². The van der Waals surface area contributed by atoms with Crippen LogP contribution in [0.25, 0.3) is 28.3 Å². The molecule has 2 N–H and O–H groups in total. The largest absolute Gasteiger partial charge is 0.496 e. The first-order chi connectivity index (χ1) is 13.1. The van der Waals surface area contributed by atoms with Gasteiger partial charge in [-0.25, -0.2) is 0 Å². The Morgan fingerprint density at radius 1 is 0.852 bits per heavy atom. The lowest BCUT2D eigenvalue weighted by atomic mass is 10.1. The van der Waals surface area contributed by atoms with Crippen molar-refractivity contribution in [1.29, 1.82) is 0 Å². The maximum atomic E-state index is 5.95. The Hall–Kier alpha value is -3.61. The number of fused-ring (bicyclic) bond motifs is 1. The fourth-order valence-electron chi connectivity index (χ4n) is 3.01. The number of aromatic nitrogens is 4. The first-order valence-electron chi connectivity index (χ1n) is 8.42. The summed E-state index contributed by atoms with van der Waals surface area (Å²) in [5, 5.41) is 13.3. The summed E-state index contributed by atoms with van der Waals surface area (Å²) in [6.45, 7) is 2.01. The summed E-state index contributed by atoms with van der Waals surface area (Å²) in [7, 11) is 3.26. The third-order valence-corrected chi connectivity index (χ3v) is 4.36. The standard InChI is InChI=1S/C20H19N5O2/c1-12-4-6-14(18(10-12)27-3)20-23-22-19-9-7-16(24-25(19)20)15-11-13(21)5-8-17(15)26-2/h4-11H,21H2,1-3H3. The highest BCUT2D eigenvalue weighted by molar-refractivity contribution is 5.73. The number of nitrogens with zero attached hydrogens (tertiary/aromatic N) is 4. The number of anilines is 1. The number of methoxy groups -OCH3 is 2. The van der Waals surface area contributed by atoms with Crippen LogP contribution in [0.5, 0.6) is 11.5 Å². The predicted molar refractivity (Wildman–Crippen MR) is 104 cm³/mol. The van der Waals surface area contributed by atoms with Crippen LogP contribution in [0.4, 0.5) is 5.69 Å². The highest BCUT2D eigenvalue weighted by Gasteiger charge is 2.16. The molecule has 0 aliphatic heterocycles. The molecule has 0 unspecified atom stereocenters. The van der Waals surface area contributed by atoms with Crippen molar-refractivity contribution in [1.82, 2.24) is 19.8 Å². The first-order valence-corrected chi connectivity index (χ1v) is 8.42. The molecule has 4 aromatic rings. The number of ether oxygens (including phenoxy) is 2. The van der Waals surface area contributed by atoms with Gasteiger partial charge in [0.15, 0.2) is 11.5 Å². The molecule has 2 heterocycles. The maximum Gasteiger partial charge on any atom is 0.189 e. The van der Waals surface area contributed by atoms with E-state index in [4.69, 9.17) is 20.3 Å². The molecule has 0 aliphatic carbocycles. The third kappa shape index (κ3) is 2.93. The van der Waals surface area contributed by atoms with Gasteiger partial charge in [0, 0.05) is 11.3 Å². The minimum absolute atomic E-state index is 0.603. The molecule has 0 radical (unpaired) electrons. The number of nitrogen functional groups attached to an aromatic ring is 1. The normalized spacial score (nSPS) is 10.9. The van der Waals surface area contributed by atoms with Crippen LogP contribution >= 0.6 is 0 Å². The van der Waals surface area contributed by atoms with Crippen LogP contribution in [-0.4, -0.2) is 34.0 Å². The lowest BCUT2D eigenvalue weighted by Gasteiger charge is -2.10. The summed E-state index contributed by atoms with van der Waals surface area (Å²) in [6, 6.07) is 15.1. The quantitative estimate of drug-likeness (QED) is 0.561. The second-order valence-corrected chi connectivity index (χ2v) is 6.18. The second kappa shape index (κ2) is 6.60. The van der Waals surface area contributed by atoms with E-state index in [1.165, 1.54) is 0 Å². The average Bonchev–Trinajstić information content (AvgIpc) is 3.10. The van der Waals surface area contributed by atoms with Crippen LogP contribution in [0.15, 0.2) is 48.5 Å². The zero-order chi connectivity index (χ0) is 19.0. The van der Waals surface area contributed by atoms with Crippen molar-refractivity contribution in [3.8, 4) is 34.1 Å². The van der Waals surface area contributed by atoms with E-state index in [1.54, 1.807) is 24.8 Å². The van der Waals surface area contributed by atoms with Gasteiger partial charge in [-0.3, -0.25) is 0 Å². The van der Waals surface area contributed by atoms with Crippen LogP contribution in [-0.2, 0) is 0 Å². The highest BCUT2D eigenvalue weighted by Crippen LogP contribution is 2.32. The molecular weight excluding hydrogens is 342 g/mol. The summed E-state index contributed by atoms with van der Waals surface area (Å²) >= 11 is 0. The van der Waals surface area contributed by atoms with Crippen molar-refractivity contribution in [2.75, 3.05) is 20.0 Å². The topological polar surface area (TPSA) is 87.6 Å². The third-order valence-electron chi connectivity index (χ3n) is 4.36. The van der Waals surface area contributed by atoms with Gasteiger partial charge in [-0.2, -0.15) is 9.61 Å². The fourth-order valence-corrected chi connectivity index (χ4v) is 3.01. The van der Waals surface area contributed by atoms with E-state index in [1.807, 2.05) is 49.4 Å². The Morgan fingerprint density at radius 2 is 1.67 bits per heavy atom. The highest BCUT2D eigenvalue weighted by atomic mass is 16.5. The zero-order valence-electron chi connectivity index (χ0n) is 15.3. The zero-order valence-corrected chi connectivity index (χ0v) is 15.3. The van der Waals surface area contributed by atoms with E-state index in [0.717, 1.165) is 22.4 Å². The number of rotatable bonds is 4. The SMILES string of the molecule is COc1ccc(N)cc1-c1ccc2nnc(-c3ccc(C)cc3OC)n2n1. The summed E-state index contributed by atoms with van der Waals surface area (Å²) in [5.41, 5.74) is 10.7. The minimum Gasteiger partial charge on any atom is -0.496 e. The summed E-state index contributed by atoms with van der Waals surface area (Å²) in [4.78, 5) is 0. The number of aryl methyl sites for hydroxylation is 1. The molecule has 0 aliphatic rings. The molecule has 2 aromatic heterocycles. The Morgan fingerprint density at radius 3 is 2.44 bits per heavy atom. The van der Waals surface area contributed by atoms with Gasteiger partial charge >= 0.3 is 0 Å². The van der Waals surface area contributed by atoms with Crippen molar-refractivity contribution in [2.45, 2.75) is 6.92 Å². The molecule has 4 rings (SSSR count). The molecule has 0 fully saturated rings.